The van der Waals surface area contributed by atoms with Gasteiger partial charge in [-0.3, -0.25) is 4.90 Å². The first-order chi connectivity index (χ1) is 14.0. The molecule has 0 saturated carbocycles. The summed E-state index contributed by atoms with van der Waals surface area (Å²) >= 11 is 6.08. The Labute approximate surface area is 174 Å². The van der Waals surface area contributed by atoms with Crippen molar-refractivity contribution in [3.8, 4) is 5.75 Å². The van der Waals surface area contributed by atoms with Crippen molar-refractivity contribution < 1.29 is 9.13 Å². The van der Waals surface area contributed by atoms with Gasteiger partial charge in [0, 0.05) is 31.1 Å². The van der Waals surface area contributed by atoms with Crippen LogP contribution in [0.25, 0.3) is 0 Å². The first-order valence-electron chi connectivity index (χ1n) is 9.46. The summed E-state index contributed by atoms with van der Waals surface area (Å²) < 4.78 is 18.7. The zero-order valence-corrected chi connectivity index (χ0v) is 16.9. The smallest absolute Gasteiger partial charge is 0.224 e. The topological polar surface area (TPSA) is 64.3 Å². The van der Waals surface area contributed by atoms with Gasteiger partial charge in [0.05, 0.1) is 12.8 Å². The minimum absolute atomic E-state index is 0.0435. The lowest BCUT2D eigenvalue weighted by atomic mass is 9.88. The van der Waals surface area contributed by atoms with E-state index in [1.165, 1.54) is 17.7 Å². The summed E-state index contributed by atoms with van der Waals surface area (Å²) in [6.07, 6.45) is 0.893. The molecule has 2 N–H and O–H groups in total. The highest BCUT2D eigenvalue weighted by Gasteiger charge is 2.30. The number of aromatic nitrogens is 2. The van der Waals surface area contributed by atoms with E-state index in [4.69, 9.17) is 22.1 Å². The normalized spacial score (nSPS) is 16.4. The van der Waals surface area contributed by atoms with Gasteiger partial charge in [0.15, 0.2) is 0 Å². The molecule has 7 heteroatoms. The summed E-state index contributed by atoms with van der Waals surface area (Å²) in [7, 11) is 1.66. The second kappa shape index (κ2) is 8.35. The van der Waals surface area contributed by atoms with Crippen LogP contribution in [0.2, 0.25) is 5.28 Å². The summed E-state index contributed by atoms with van der Waals surface area (Å²) in [5.41, 5.74) is 10.1. The predicted octanol–water partition coefficient (Wildman–Crippen LogP) is 4.05. The number of hydrogen-bond acceptors (Lipinski definition) is 5. The number of nitrogens with zero attached hydrogens (tertiary/aromatic N) is 3. The third-order valence-corrected chi connectivity index (χ3v) is 5.51. The van der Waals surface area contributed by atoms with Crippen molar-refractivity contribution >= 4 is 17.4 Å². The molecule has 1 aromatic heterocycles. The van der Waals surface area contributed by atoms with Crippen LogP contribution >= 0.6 is 11.6 Å². The predicted molar refractivity (Wildman–Crippen MR) is 112 cm³/mol. The molecule has 0 bridgehead atoms. The molecule has 0 amide bonds. The van der Waals surface area contributed by atoms with Crippen LogP contribution in [0.4, 0.5) is 10.2 Å². The average molecular weight is 413 g/mol. The van der Waals surface area contributed by atoms with Crippen molar-refractivity contribution in [1.82, 2.24) is 14.9 Å². The van der Waals surface area contributed by atoms with Crippen LogP contribution in [0.3, 0.4) is 0 Å². The van der Waals surface area contributed by atoms with Gasteiger partial charge in [-0.05, 0) is 53.4 Å². The number of nitrogens with two attached hydrogens (primary N) is 1. The van der Waals surface area contributed by atoms with Crippen molar-refractivity contribution in [2.45, 2.75) is 18.9 Å². The Bertz CT molecular complexity index is 995. The summed E-state index contributed by atoms with van der Waals surface area (Å²) in [6.45, 7) is 2.26. The van der Waals surface area contributed by atoms with Crippen molar-refractivity contribution in [1.29, 1.82) is 0 Å². The Kier molecular flexibility index (Phi) is 5.65. The Morgan fingerprint density at radius 2 is 1.86 bits per heavy atom. The van der Waals surface area contributed by atoms with Crippen LogP contribution in [0, 0.1) is 5.82 Å². The minimum Gasteiger partial charge on any atom is -0.497 e. The summed E-state index contributed by atoms with van der Waals surface area (Å²) in [6, 6.07) is 14.6. The summed E-state index contributed by atoms with van der Waals surface area (Å²) in [5.74, 6) is 0.944. The average Bonchev–Trinajstić information content (AvgIpc) is 2.73. The highest BCUT2D eigenvalue weighted by Crippen LogP contribution is 2.35. The Morgan fingerprint density at radius 1 is 1.14 bits per heavy atom. The quantitative estimate of drug-likeness (QED) is 0.640. The molecular formula is C22H22ClFN4O. The second-order valence-electron chi connectivity index (χ2n) is 7.18. The molecule has 2 heterocycles. The number of nitrogen functional groups attached to an aromatic ring is 1. The maximum atomic E-state index is 13.4. The molecule has 1 unspecified atom stereocenters. The first kappa shape index (κ1) is 19.6. The van der Waals surface area contributed by atoms with Gasteiger partial charge in [-0.2, -0.15) is 0 Å². The fourth-order valence-corrected chi connectivity index (χ4v) is 3.96. The molecule has 2 aromatic carbocycles. The van der Waals surface area contributed by atoms with E-state index in [-0.39, 0.29) is 17.0 Å². The molecule has 0 spiro atoms. The standard InChI is InChI=1S/C22H22ClFN4O/c1-29-17-8-2-14(3-9-17)10-11-28-12-18(15-4-6-16(24)7-5-15)20-19(13-28)21(25)27-22(23)26-20/h2-9,18H,10-13H2,1H3,(H2,25,26,27). The molecule has 150 valence electrons. The van der Waals surface area contributed by atoms with Crippen LogP contribution in [-0.4, -0.2) is 35.1 Å². The summed E-state index contributed by atoms with van der Waals surface area (Å²) in [4.78, 5) is 10.9. The van der Waals surface area contributed by atoms with E-state index in [1.54, 1.807) is 19.2 Å². The number of anilines is 1. The SMILES string of the molecule is COc1ccc(CCN2Cc3c(N)nc(Cl)nc3C(c3ccc(F)cc3)C2)cc1. The van der Waals surface area contributed by atoms with Gasteiger partial charge >= 0.3 is 0 Å². The molecule has 0 fully saturated rings. The molecule has 1 atom stereocenters. The van der Waals surface area contributed by atoms with Crippen molar-refractivity contribution in [3.63, 3.8) is 0 Å². The fraction of sp³-hybridized carbons (Fsp3) is 0.273. The third-order valence-electron chi connectivity index (χ3n) is 5.34. The van der Waals surface area contributed by atoms with E-state index in [1.807, 2.05) is 12.1 Å². The molecule has 1 aliphatic heterocycles. The maximum Gasteiger partial charge on any atom is 0.224 e. The van der Waals surface area contributed by atoms with Gasteiger partial charge in [0.2, 0.25) is 5.28 Å². The zero-order chi connectivity index (χ0) is 20.4. The van der Waals surface area contributed by atoms with Gasteiger partial charge in [0.1, 0.15) is 17.4 Å². The van der Waals surface area contributed by atoms with Crippen LogP contribution in [-0.2, 0) is 13.0 Å². The summed E-state index contributed by atoms with van der Waals surface area (Å²) in [5, 5.41) is 0.139. The lowest BCUT2D eigenvalue weighted by Crippen LogP contribution is -2.37. The molecule has 0 saturated heterocycles. The number of hydrogen-bond donors (Lipinski definition) is 1. The van der Waals surface area contributed by atoms with Gasteiger partial charge < -0.3 is 10.5 Å². The van der Waals surface area contributed by atoms with Gasteiger partial charge in [-0.15, -0.1) is 0 Å². The lowest BCUT2D eigenvalue weighted by Gasteiger charge is -2.34. The minimum atomic E-state index is -0.263. The van der Waals surface area contributed by atoms with E-state index < -0.39 is 0 Å². The molecule has 29 heavy (non-hydrogen) atoms. The van der Waals surface area contributed by atoms with Crippen LogP contribution in [0.5, 0.6) is 5.75 Å². The monoisotopic (exact) mass is 412 g/mol. The van der Waals surface area contributed by atoms with E-state index in [0.717, 1.165) is 42.1 Å². The second-order valence-corrected chi connectivity index (χ2v) is 7.52. The number of fused-ring (bicyclic) bond motifs is 1. The Balaban J connectivity index is 1.59. The van der Waals surface area contributed by atoms with E-state index in [2.05, 4.69) is 27.0 Å². The van der Waals surface area contributed by atoms with Crippen LogP contribution in [0.1, 0.15) is 28.3 Å². The lowest BCUT2D eigenvalue weighted by molar-refractivity contribution is 0.241. The zero-order valence-electron chi connectivity index (χ0n) is 16.1. The number of halogens is 2. The molecule has 0 radical (unpaired) electrons. The van der Waals surface area contributed by atoms with Crippen molar-refractivity contribution in [2.24, 2.45) is 0 Å². The Morgan fingerprint density at radius 3 is 2.55 bits per heavy atom. The third kappa shape index (κ3) is 4.33. The van der Waals surface area contributed by atoms with Crippen LogP contribution < -0.4 is 10.5 Å². The molecule has 5 nitrogen and oxygen atoms in total. The van der Waals surface area contributed by atoms with Crippen LogP contribution in [0.15, 0.2) is 48.5 Å². The van der Waals surface area contributed by atoms with E-state index in [9.17, 15) is 4.39 Å². The van der Waals surface area contributed by atoms with E-state index in [0.29, 0.717) is 12.4 Å². The van der Waals surface area contributed by atoms with Gasteiger partial charge in [-0.1, -0.05) is 24.3 Å². The van der Waals surface area contributed by atoms with Crippen molar-refractivity contribution in [3.05, 3.63) is 82.0 Å². The van der Waals surface area contributed by atoms with Crippen molar-refractivity contribution in [2.75, 3.05) is 25.9 Å². The maximum absolute atomic E-state index is 13.4. The molecular weight excluding hydrogens is 391 g/mol. The molecule has 4 rings (SSSR count). The highest BCUT2D eigenvalue weighted by molar-refractivity contribution is 6.28. The number of ether oxygens (including phenoxy) is 1. The fourth-order valence-electron chi connectivity index (χ4n) is 3.78. The number of methoxy groups -OCH3 is 1. The highest BCUT2D eigenvalue weighted by atomic mass is 35.5. The largest absolute Gasteiger partial charge is 0.497 e. The number of benzene rings is 2. The van der Waals surface area contributed by atoms with Gasteiger partial charge in [-0.25, -0.2) is 14.4 Å². The molecule has 0 aliphatic carbocycles. The molecule has 1 aliphatic rings. The first-order valence-corrected chi connectivity index (χ1v) is 9.84. The van der Waals surface area contributed by atoms with Gasteiger partial charge in [0.25, 0.3) is 0 Å². The molecule has 3 aromatic rings. The Hall–Kier alpha value is -2.70. The van der Waals surface area contributed by atoms with E-state index >= 15 is 0 Å². The number of rotatable bonds is 5.